The number of carbonyl (C=O) groups is 2. The van der Waals surface area contributed by atoms with Gasteiger partial charge in [0.1, 0.15) is 5.82 Å². The van der Waals surface area contributed by atoms with E-state index < -0.39 is 23.4 Å². The summed E-state index contributed by atoms with van der Waals surface area (Å²) in [5.74, 6) is -2.97. The van der Waals surface area contributed by atoms with Crippen LogP contribution in [0.3, 0.4) is 0 Å². The highest BCUT2D eigenvalue weighted by Crippen LogP contribution is 2.22. The Bertz CT molecular complexity index is 653. The predicted octanol–water partition coefficient (Wildman–Crippen LogP) is 3.13. The molecule has 0 spiro atoms. The first kappa shape index (κ1) is 13.3. The molecule has 2 N–H and O–H groups in total. The molecule has 0 aliphatic rings. The van der Waals surface area contributed by atoms with E-state index >= 15 is 0 Å². The van der Waals surface area contributed by atoms with Crippen LogP contribution in [-0.4, -0.2) is 17.0 Å². The van der Waals surface area contributed by atoms with Crippen molar-refractivity contribution >= 4 is 33.5 Å². The Labute approximate surface area is 115 Å². The van der Waals surface area contributed by atoms with Crippen LogP contribution in [0.5, 0.6) is 0 Å². The number of benzene rings is 1. The van der Waals surface area contributed by atoms with Gasteiger partial charge in [-0.15, -0.1) is 0 Å². The molecule has 0 aliphatic heterocycles. The minimum Gasteiger partial charge on any atom is -0.478 e. The van der Waals surface area contributed by atoms with Crippen LogP contribution in [0.15, 0.2) is 39.4 Å². The molecule has 5 nitrogen and oxygen atoms in total. The van der Waals surface area contributed by atoms with Crippen molar-refractivity contribution in [2.24, 2.45) is 0 Å². The number of nitrogens with one attached hydrogen (secondary N) is 1. The smallest absolute Gasteiger partial charge is 0.337 e. The summed E-state index contributed by atoms with van der Waals surface area (Å²) in [6.07, 6.45) is 0. The van der Waals surface area contributed by atoms with Crippen molar-refractivity contribution in [3.05, 3.63) is 52.1 Å². The molecule has 0 radical (unpaired) electrons. The summed E-state index contributed by atoms with van der Waals surface area (Å²) in [6.45, 7) is 0. The predicted molar refractivity (Wildman–Crippen MR) is 67.7 cm³/mol. The molecule has 2 rings (SSSR count). The number of hydrogen-bond acceptors (Lipinski definition) is 3. The zero-order valence-corrected chi connectivity index (χ0v) is 10.9. The molecule has 0 atom stereocenters. The Morgan fingerprint density at radius 3 is 2.58 bits per heavy atom. The third-order valence-electron chi connectivity index (χ3n) is 2.28. The number of furan rings is 1. The van der Waals surface area contributed by atoms with E-state index in [4.69, 9.17) is 9.52 Å². The van der Waals surface area contributed by atoms with Crippen LogP contribution >= 0.6 is 15.9 Å². The number of aromatic carboxylic acids is 1. The fourth-order valence-corrected chi connectivity index (χ4v) is 1.75. The van der Waals surface area contributed by atoms with Crippen molar-refractivity contribution in [1.29, 1.82) is 0 Å². The lowest BCUT2D eigenvalue weighted by atomic mass is 10.1. The highest BCUT2D eigenvalue weighted by molar-refractivity contribution is 9.10. The van der Waals surface area contributed by atoms with E-state index in [9.17, 15) is 14.0 Å². The third kappa shape index (κ3) is 2.82. The number of para-hydroxylation sites is 1. The first-order chi connectivity index (χ1) is 8.99. The van der Waals surface area contributed by atoms with Crippen LogP contribution in [0.25, 0.3) is 0 Å². The molecule has 0 fully saturated rings. The number of carboxylic acids is 1. The molecule has 1 heterocycles. The van der Waals surface area contributed by atoms with Crippen molar-refractivity contribution in [3.63, 3.8) is 0 Å². The second-order valence-electron chi connectivity index (χ2n) is 3.53. The minimum atomic E-state index is -1.34. The summed E-state index contributed by atoms with van der Waals surface area (Å²) in [4.78, 5) is 22.7. The maximum Gasteiger partial charge on any atom is 0.337 e. The van der Waals surface area contributed by atoms with Crippen molar-refractivity contribution < 1.29 is 23.5 Å². The van der Waals surface area contributed by atoms with Crippen molar-refractivity contribution in [1.82, 2.24) is 0 Å². The summed E-state index contributed by atoms with van der Waals surface area (Å²) in [6, 6.07) is 6.37. The highest BCUT2D eigenvalue weighted by Gasteiger charge is 2.18. The molecular formula is C12H7BrFNO4. The molecule has 1 amide bonds. The number of anilines is 1. The third-order valence-corrected chi connectivity index (χ3v) is 2.71. The lowest BCUT2D eigenvalue weighted by Crippen LogP contribution is -2.15. The molecule has 0 unspecified atom stereocenters. The van der Waals surface area contributed by atoms with E-state index in [-0.39, 0.29) is 11.3 Å². The number of halogens is 2. The molecule has 1 aromatic heterocycles. The van der Waals surface area contributed by atoms with Gasteiger partial charge in [0, 0.05) is 0 Å². The van der Waals surface area contributed by atoms with Crippen LogP contribution in [0, 0.1) is 5.82 Å². The molecule has 19 heavy (non-hydrogen) atoms. The summed E-state index contributed by atoms with van der Waals surface area (Å²) in [7, 11) is 0. The molecule has 1 aromatic carbocycles. The van der Waals surface area contributed by atoms with Crippen LogP contribution < -0.4 is 5.32 Å². The van der Waals surface area contributed by atoms with Crippen molar-refractivity contribution in [3.8, 4) is 0 Å². The highest BCUT2D eigenvalue weighted by atomic mass is 79.9. The van der Waals surface area contributed by atoms with Gasteiger partial charge in [0.15, 0.2) is 10.4 Å². The van der Waals surface area contributed by atoms with E-state index in [1.807, 2.05) is 0 Å². The number of hydrogen-bond donors (Lipinski definition) is 2. The monoisotopic (exact) mass is 327 g/mol. The van der Waals surface area contributed by atoms with E-state index in [2.05, 4.69) is 21.2 Å². The van der Waals surface area contributed by atoms with Crippen LogP contribution in [-0.2, 0) is 0 Å². The first-order valence-electron chi connectivity index (χ1n) is 5.07. The molecule has 0 saturated carbocycles. The lowest BCUT2D eigenvalue weighted by molar-refractivity contribution is 0.0697. The molecular weight excluding hydrogens is 321 g/mol. The number of carbonyl (C=O) groups excluding carboxylic acids is 1. The van der Waals surface area contributed by atoms with Crippen LogP contribution in [0.2, 0.25) is 0 Å². The van der Waals surface area contributed by atoms with Gasteiger partial charge < -0.3 is 14.8 Å². The van der Waals surface area contributed by atoms with Gasteiger partial charge in [-0.05, 0) is 40.2 Å². The SMILES string of the molecule is O=C(Nc1c(F)cccc1C(=O)O)c1ccc(Br)o1. The summed E-state index contributed by atoms with van der Waals surface area (Å²) in [5, 5.41) is 11.1. The average Bonchev–Trinajstić information content (AvgIpc) is 2.78. The van der Waals surface area contributed by atoms with Crippen LogP contribution in [0.4, 0.5) is 10.1 Å². The first-order valence-corrected chi connectivity index (χ1v) is 5.87. The fraction of sp³-hybridized carbons (Fsp3) is 0. The lowest BCUT2D eigenvalue weighted by Gasteiger charge is -2.08. The standard InChI is InChI=1S/C12H7BrFNO4/c13-9-5-4-8(19-9)11(16)15-10-6(12(17)18)2-1-3-7(10)14/h1-5H,(H,15,16)(H,17,18). The van der Waals surface area contributed by atoms with Gasteiger partial charge in [-0.1, -0.05) is 6.07 Å². The fourth-order valence-electron chi connectivity index (χ4n) is 1.44. The molecule has 0 bridgehead atoms. The Balaban J connectivity index is 2.33. The molecule has 0 saturated heterocycles. The Kier molecular flexibility index (Phi) is 3.66. The zero-order chi connectivity index (χ0) is 14.0. The Hall–Kier alpha value is -2.15. The Morgan fingerprint density at radius 2 is 2.00 bits per heavy atom. The van der Waals surface area contributed by atoms with E-state index in [1.54, 1.807) is 0 Å². The summed E-state index contributed by atoms with van der Waals surface area (Å²) >= 11 is 3.02. The number of amides is 1. The summed E-state index contributed by atoms with van der Waals surface area (Å²) in [5.41, 5.74) is -0.730. The molecule has 7 heteroatoms. The second kappa shape index (κ2) is 5.23. The van der Waals surface area contributed by atoms with Crippen LogP contribution in [0.1, 0.15) is 20.9 Å². The van der Waals surface area contributed by atoms with Crippen molar-refractivity contribution in [2.45, 2.75) is 0 Å². The van der Waals surface area contributed by atoms with Gasteiger partial charge in [-0.25, -0.2) is 9.18 Å². The quantitative estimate of drug-likeness (QED) is 0.907. The summed E-state index contributed by atoms with van der Waals surface area (Å²) < 4.78 is 18.9. The van der Waals surface area contributed by atoms with E-state index in [1.165, 1.54) is 24.3 Å². The van der Waals surface area contributed by atoms with E-state index in [0.29, 0.717) is 4.67 Å². The largest absolute Gasteiger partial charge is 0.478 e. The van der Waals surface area contributed by atoms with Gasteiger partial charge in [0.2, 0.25) is 0 Å². The average molecular weight is 328 g/mol. The van der Waals surface area contributed by atoms with Gasteiger partial charge >= 0.3 is 5.97 Å². The normalized spacial score (nSPS) is 10.2. The maximum absolute atomic E-state index is 13.6. The minimum absolute atomic E-state index is 0.0635. The number of rotatable bonds is 3. The Morgan fingerprint density at radius 1 is 1.26 bits per heavy atom. The van der Waals surface area contributed by atoms with Gasteiger partial charge in [0.25, 0.3) is 5.91 Å². The van der Waals surface area contributed by atoms with Gasteiger partial charge in [-0.2, -0.15) is 0 Å². The topological polar surface area (TPSA) is 79.5 Å². The van der Waals surface area contributed by atoms with E-state index in [0.717, 1.165) is 6.07 Å². The molecule has 98 valence electrons. The number of carboxylic acid groups (broad SMARTS) is 1. The van der Waals surface area contributed by atoms with Gasteiger partial charge in [0.05, 0.1) is 11.3 Å². The zero-order valence-electron chi connectivity index (χ0n) is 9.31. The molecule has 0 aliphatic carbocycles. The second-order valence-corrected chi connectivity index (χ2v) is 4.31. The van der Waals surface area contributed by atoms with Gasteiger partial charge in [-0.3, -0.25) is 4.79 Å². The molecule has 2 aromatic rings. The van der Waals surface area contributed by atoms with Crippen molar-refractivity contribution in [2.75, 3.05) is 5.32 Å². The maximum atomic E-state index is 13.6.